The maximum atomic E-state index is 5.11. The lowest BCUT2D eigenvalue weighted by Gasteiger charge is -2.11. The van der Waals surface area contributed by atoms with E-state index in [1.807, 2.05) is 26.8 Å². The summed E-state index contributed by atoms with van der Waals surface area (Å²) in [6.07, 6.45) is 2.05. The highest BCUT2D eigenvalue weighted by Crippen LogP contribution is 2.16. The highest BCUT2D eigenvalue weighted by atomic mass is 16.7. The fourth-order valence-electron chi connectivity index (χ4n) is 0.792. The molecule has 0 saturated heterocycles. The number of rotatable bonds is 0. The number of hydroxylamine groups is 1. The Kier molecular flexibility index (Phi) is 1.05. The highest BCUT2D eigenvalue weighted by Gasteiger charge is 2.20. The Morgan fingerprint density at radius 3 is 2.38 bits per heavy atom. The van der Waals surface area contributed by atoms with Gasteiger partial charge in [0.15, 0.2) is 0 Å². The van der Waals surface area contributed by atoms with Gasteiger partial charge in [-0.2, -0.15) is 0 Å². The zero-order valence-electron chi connectivity index (χ0n) is 5.49. The molecule has 0 aliphatic carbocycles. The summed E-state index contributed by atoms with van der Waals surface area (Å²) < 4.78 is 0. The van der Waals surface area contributed by atoms with Crippen LogP contribution < -0.4 is 5.48 Å². The summed E-state index contributed by atoms with van der Waals surface area (Å²) in [7, 11) is 0. The van der Waals surface area contributed by atoms with Gasteiger partial charge in [-0.15, -0.1) is 0 Å². The van der Waals surface area contributed by atoms with Crippen LogP contribution in [0.3, 0.4) is 0 Å². The monoisotopic (exact) mass is 113 g/mol. The summed E-state index contributed by atoms with van der Waals surface area (Å²) in [5.41, 5.74) is 3.76. The molecule has 0 unspecified atom stereocenters. The van der Waals surface area contributed by atoms with Crippen molar-refractivity contribution in [2.75, 3.05) is 0 Å². The van der Waals surface area contributed by atoms with Gasteiger partial charge in [-0.1, -0.05) is 0 Å². The molecule has 0 fully saturated rings. The zero-order chi connectivity index (χ0) is 6.20. The SMILES string of the molecule is CC1=CC(C)(C)ON1. The molecule has 0 amide bonds. The van der Waals surface area contributed by atoms with E-state index in [0.717, 1.165) is 5.70 Å². The van der Waals surface area contributed by atoms with E-state index >= 15 is 0 Å². The third kappa shape index (κ3) is 1.01. The van der Waals surface area contributed by atoms with Gasteiger partial charge in [0.05, 0.1) is 0 Å². The second-order valence-corrected chi connectivity index (χ2v) is 2.63. The van der Waals surface area contributed by atoms with E-state index in [4.69, 9.17) is 4.84 Å². The molecule has 1 heterocycles. The first-order valence-electron chi connectivity index (χ1n) is 2.74. The first-order valence-corrected chi connectivity index (χ1v) is 2.74. The van der Waals surface area contributed by atoms with Crippen molar-refractivity contribution in [3.63, 3.8) is 0 Å². The lowest BCUT2D eigenvalue weighted by atomic mass is 10.1. The van der Waals surface area contributed by atoms with Gasteiger partial charge in [-0.05, 0) is 26.8 Å². The first-order chi connectivity index (χ1) is 3.60. The normalized spacial score (nSPS) is 24.6. The van der Waals surface area contributed by atoms with Crippen LogP contribution in [0, 0.1) is 0 Å². The van der Waals surface area contributed by atoms with Crippen molar-refractivity contribution in [2.45, 2.75) is 26.4 Å². The molecule has 2 nitrogen and oxygen atoms in total. The Morgan fingerprint density at radius 1 is 1.62 bits per heavy atom. The molecule has 0 aromatic carbocycles. The van der Waals surface area contributed by atoms with E-state index in [1.54, 1.807) is 0 Å². The molecular formula is C6H11NO. The van der Waals surface area contributed by atoms with Crippen LogP contribution in [0.5, 0.6) is 0 Å². The van der Waals surface area contributed by atoms with E-state index in [0.29, 0.717) is 0 Å². The van der Waals surface area contributed by atoms with Crippen LogP contribution in [0.25, 0.3) is 0 Å². The molecule has 1 rings (SSSR count). The van der Waals surface area contributed by atoms with Crippen LogP contribution in [0.4, 0.5) is 0 Å². The largest absolute Gasteiger partial charge is 0.271 e. The van der Waals surface area contributed by atoms with Gasteiger partial charge in [-0.25, -0.2) is 0 Å². The molecule has 0 aromatic rings. The fourth-order valence-corrected chi connectivity index (χ4v) is 0.792. The minimum atomic E-state index is -0.107. The van der Waals surface area contributed by atoms with Crippen LogP contribution >= 0.6 is 0 Å². The molecule has 1 aliphatic heterocycles. The topological polar surface area (TPSA) is 21.3 Å². The van der Waals surface area contributed by atoms with Gasteiger partial charge >= 0.3 is 0 Å². The fraction of sp³-hybridized carbons (Fsp3) is 0.667. The van der Waals surface area contributed by atoms with E-state index in [9.17, 15) is 0 Å². The Morgan fingerprint density at radius 2 is 2.25 bits per heavy atom. The summed E-state index contributed by atoms with van der Waals surface area (Å²) in [5, 5.41) is 0. The average Bonchev–Trinajstić information content (AvgIpc) is 1.82. The Hall–Kier alpha value is -0.500. The molecule has 0 atom stereocenters. The maximum Gasteiger partial charge on any atom is 0.110 e. The van der Waals surface area contributed by atoms with Crippen molar-refractivity contribution in [1.29, 1.82) is 0 Å². The van der Waals surface area contributed by atoms with Crippen LogP contribution in [0.1, 0.15) is 20.8 Å². The predicted molar refractivity (Wildman–Crippen MR) is 32.1 cm³/mol. The zero-order valence-corrected chi connectivity index (χ0v) is 5.49. The molecule has 46 valence electrons. The Labute approximate surface area is 49.5 Å². The summed E-state index contributed by atoms with van der Waals surface area (Å²) in [4.78, 5) is 5.11. The third-order valence-electron chi connectivity index (χ3n) is 1.04. The molecule has 2 heteroatoms. The standard InChI is InChI=1S/C6H11NO/c1-5-4-6(2,3)8-7-5/h4,7H,1-3H3. The molecular weight excluding hydrogens is 102 g/mol. The molecule has 0 saturated carbocycles. The van der Waals surface area contributed by atoms with Crippen molar-refractivity contribution in [3.8, 4) is 0 Å². The van der Waals surface area contributed by atoms with Gasteiger partial charge in [0.25, 0.3) is 0 Å². The summed E-state index contributed by atoms with van der Waals surface area (Å²) in [5.74, 6) is 0. The Balaban J connectivity index is 2.67. The quantitative estimate of drug-likeness (QED) is 0.509. The van der Waals surface area contributed by atoms with E-state index in [1.165, 1.54) is 0 Å². The van der Waals surface area contributed by atoms with E-state index < -0.39 is 0 Å². The van der Waals surface area contributed by atoms with Crippen molar-refractivity contribution in [1.82, 2.24) is 5.48 Å². The maximum absolute atomic E-state index is 5.11. The first kappa shape index (κ1) is 5.63. The second kappa shape index (κ2) is 1.49. The molecule has 1 aliphatic rings. The highest BCUT2D eigenvalue weighted by molar-refractivity contribution is 5.07. The van der Waals surface area contributed by atoms with Crippen molar-refractivity contribution in [2.24, 2.45) is 0 Å². The van der Waals surface area contributed by atoms with Crippen LogP contribution in [0.15, 0.2) is 11.8 Å². The van der Waals surface area contributed by atoms with E-state index in [2.05, 4.69) is 5.48 Å². The second-order valence-electron chi connectivity index (χ2n) is 2.63. The number of nitrogens with one attached hydrogen (secondary N) is 1. The van der Waals surface area contributed by atoms with Gasteiger partial charge in [0, 0.05) is 5.70 Å². The van der Waals surface area contributed by atoms with Gasteiger partial charge in [0.1, 0.15) is 5.60 Å². The van der Waals surface area contributed by atoms with Gasteiger partial charge in [0.2, 0.25) is 0 Å². The van der Waals surface area contributed by atoms with Crippen LogP contribution in [0.2, 0.25) is 0 Å². The molecule has 0 bridgehead atoms. The molecule has 0 aromatic heterocycles. The van der Waals surface area contributed by atoms with Crippen LogP contribution in [-0.2, 0) is 4.84 Å². The van der Waals surface area contributed by atoms with E-state index in [-0.39, 0.29) is 5.60 Å². The molecule has 8 heavy (non-hydrogen) atoms. The van der Waals surface area contributed by atoms with Crippen molar-refractivity contribution < 1.29 is 4.84 Å². The number of hydrogen-bond donors (Lipinski definition) is 1. The Bertz CT molecular complexity index is 126. The molecule has 0 spiro atoms. The lowest BCUT2D eigenvalue weighted by Crippen LogP contribution is -2.20. The van der Waals surface area contributed by atoms with Gasteiger partial charge < -0.3 is 0 Å². The summed E-state index contributed by atoms with van der Waals surface area (Å²) >= 11 is 0. The predicted octanol–water partition coefficient (Wildman–Crippen LogP) is 1.20. The summed E-state index contributed by atoms with van der Waals surface area (Å²) in [6, 6.07) is 0. The smallest absolute Gasteiger partial charge is 0.110 e. The average molecular weight is 113 g/mol. The minimum absolute atomic E-state index is 0.107. The molecule has 1 N–H and O–H groups in total. The van der Waals surface area contributed by atoms with Crippen LogP contribution in [-0.4, -0.2) is 5.60 Å². The summed E-state index contributed by atoms with van der Waals surface area (Å²) in [6.45, 7) is 6.00. The minimum Gasteiger partial charge on any atom is -0.271 e. The van der Waals surface area contributed by atoms with Crippen molar-refractivity contribution >= 4 is 0 Å². The third-order valence-corrected chi connectivity index (χ3v) is 1.04. The number of hydrogen-bond acceptors (Lipinski definition) is 2. The number of allylic oxidation sites excluding steroid dienone is 1. The van der Waals surface area contributed by atoms with Crippen molar-refractivity contribution in [3.05, 3.63) is 11.8 Å². The van der Waals surface area contributed by atoms with Gasteiger partial charge in [-0.3, -0.25) is 10.3 Å². The lowest BCUT2D eigenvalue weighted by molar-refractivity contribution is -0.0151. The molecule has 0 radical (unpaired) electrons.